The predicted molar refractivity (Wildman–Crippen MR) is 75.2 cm³/mol. The zero-order valence-electron chi connectivity index (χ0n) is 12.1. The minimum atomic E-state index is -0.559. The zero-order chi connectivity index (χ0) is 14.9. The summed E-state index contributed by atoms with van der Waals surface area (Å²) in [5.74, 6) is -0.00642. The number of benzene rings is 1. The van der Waals surface area contributed by atoms with E-state index in [0.29, 0.717) is 19.0 Å². The maximum absolute atomic E-state index is 13.9. The van der Waals surface area contributed by atoms with Crippen LogP contribution in [0.15, 0.2) is 18.2 Å². The van der Waals surface area contributed by atoms with Gasteiger partial charge in [0, 0.05) is 19.1 Å². The lowest BCUT2D eigenvalue weighted by Gasteiger charge is -2.19. The van der Waals surface area contributed by atoms with E-state index in [1.807, 2.05) is 0 Å². The summed E-state index contributed by atoms with van der Waals surface area (Å²) in [5, 5.41) is 0. The van der Waals surface area contributed by atoms with Crippen LogP contribution in [0.1, 0.15) is 24.2 Å². The predicted octanol–water partition coefficient (Wildman–Crippen LogP) is 1.89. The molecule has 1 aromatic carbocycles. The number of halogens is 1. The maximum atomic E-state index is 13.9. The first-order chi connectivity index (χ1) is 9.45. The summed E-state index contributed by atoms with van der Waals surface area (Å²) in [4.78, 5) is 14.1. The van der Waals surface area contributed by atoms with Crippen molar-refractivity contribution < 1.29 is 13.9 Å². The summed E-state index contributed by atoms with van der Waals surface area (Å²) in [6.45, 7) is 5.19. The van der Waals surface area contributed by atoms with Gasteiger partial charge >= 0.3 is 0 Å². The lowest BCUT2D eigenvalue weighted by molar-refractivity contribution is 0.0775. The first kappa shape index (κ1) is 14.8. The number of nitrogens with zero attached hydrogens (tertiary/aromatic N) is 1. The van der Waals surface area contributed by atoms with Gasteiger partial charge in [-0.3, -0.25) is 4.79 Å². The van der Waals surface area contributed by atoms with Gasteiger partial charge in [0.05, 0.1) is 7.11 Å². The van der Waals surface area contributed by atoms with Crippen molar-refractivity contribution in [2.45, 2.75) is 19.9 Å². The van der Waals surface area contributed by atoms with Gasteiger partial charge in [0.25, 0.3) is 5.91 Å². The quantitative estimate of drug-likeness (QED) is 0.920. The molecular formula is C15H21FN2O2. The largest absolute Gasteiger partial charge is 0.496 e. The Morgan fingerprint density at radius 1 is 1.45 bits per heavy atom. The van der Waals surface area contributed by atoms with Crippen molar-refractivity contribution in [1.82, 2.24) is 4.90 Å². The molecule has 0 aromatic heterocycles. The van der Waals surface area contributed by atoms with Crippen LogP contribution >= 0.6 is 0 Å². The highest BCUT2D eigenvalue weighted by atomic mass is 19.1. The fourth-order valence-corrected chi connectivity index (χ4v) is 2.77. The summed E-state index contributed by atoms with van der Waals surface area (Å²) in [5.41, 5.74) is 6.07. The molecule has 1 heterocycles. The summed E-state index contributed by atoms with van der Waals surface area (Å²) in [7, 11) is 1.43. The first-order valence-corrected chi connectivity index (χ1v) is 6.83. The van der Waals surface area contributed by atoms with Crippen LogP contribution in [0.3, 0.4) is 0 Å². The van der Waals surface area contributed by atoms with Crippen molar-refractivity contribution in [3.8, 4) is 5.75 Å². The number of likely N-dealkylation sites (tertiary alicyclic amines) is 1. The summed E-state index contributed by atoms with van der Waals surface area (Å²) < 4.78 is 19.0. The standard InChI is InChI=1S/C15H21FN2O2/c1-9(2)10-7-18(8-12(10)17)15(19)14-11(16)5-4-6-13(14)20-3/h4-6,9-10,12H,7-8,17H2,1-3H3/t10-,12+/m1/s1. The second-order valence-corrected chi connectivity index (χ2v) is 5.60. The highest BCUT2D eigenvalue weighted by Crippen LogP contribution is 2.28. The number of carbonyl (C=O) groups excluding carboxylic acids is 1. The highest BCUT2D eigenvalue weighted by Gasteiger charge is 2.36. The number of hydrogen-bond acceptors (Lipinski definition) is 3. The molecule has 0 unspecified atom stereocenters. The third kappa shape index (κ3) is 2.63. The van der Waals surface area contributed by atoms with Gasteiger partial charge in [-0.15, -0.1) is 0 Å². The van der Waals surface area contributed by atoms with Crippen LogP contribution in [0.2, 0.25) is 0 Å². The van der Waals surface area contributed by atoms with E-state index in [1.54, 1.807) is 11.0 Å². The molecule has 20 heavy (non-hydrogen) atoms. The van der Waals surface area contributed by atoms with E-state index in [-0.39, 0.29) is 29.2 Å². The fourth-order valence-electron chi connectivity index (χ4n) is 2.77. The van der Waals surface area contributed by atoms with Gasteiger partial charge in [0.2, 0.25) is 0 Å². The molecule has 1 amide bonds. The molecule has 5 heteroatoms. The minimum absolute atomic E-state index is 0.00777. The molecule has 1 aliphatic rings. The van der Waals surface area contributed by atoms with Gasteiger partial charge < -0.3 is 15.4 Å². The number of carbonyl (C=O) groups is 1. The number of nitrogens with two attached hydrogens (primary N) is 1. The highest BCUT2D eigenvalue weighted by molar-refractivity contribution is 5.97. The number of methoxy groups -OCH3 is 1. The third-order valence-electron chi connectivity index (χ3n) is 3.97. The molecule has 1 saturated heterocycles. The molecule has 0 saturated carbocycles. The Kier molecular flexibility index (Phi) is 4.28. The van der Waals surface area contributed by atoms with Crippen molar-refractivity contribution >= 4 is 5.91 Å². The van der Waals surface area contributed by atoms with Gasteiger partial charge in [-0.1, -0.05) is 19.9 Å². The Morgan fingerprint density at radius 3 is 2.70 bits per heavy atom. The Bertz CT molecular complexity index is 505. The van der Waals surface area contributed by atoms with E-state index in [9.17, 15) is 9.18 Å². The van der Waals surface area contributed by atoms with Gasteiger partial charge in [0.1, 0.15) is 17.1 Å². The van der Waals surface area contributed by atoms with E-state index in [4.69, 9.17) is 10.5 Å². The number of amides is 1. The zero-order valence-corrected chi connectivity index (χ0v) is 12.1. The van der Waals surface area contributed by atoms with E-state index >= 15 is 0 Å². The topological polar surface area (TPSA) is 55.6 Å². The number of ether oxygens (including phenoxy) is 1. The molecule has 1 fully saturated rings. The van der Waals surface area contributed by atoms with Crippen molar-refractivity contribution in [3.63, 3.8) is 0 Å². The van der Waals surface area contributed by atoms with Crippen LogP contribution in [0.25, 0.3) is 0 Å². The van der Waals surface area contributed by atoms with Crippen LogP contribution in [0, 0.1) is 17.7 Å². The molecule has 2 atom stereocenters. The second kappa shape index (κ2) is 5.79. The van der Waals surface area contributed by atoms with E-state index in [2.05, 4.69) is 13.8 Å². The lowest BCUT2D eigenvalue weighted by Crippen LogP contribution is -2.33. The summed E-state index contributed by atoms with van der Waals surface area (Å²) >= 11 is 0. The minimum Gasteiger partial charge on any atom is -0.496 e. The summed E-state index contributed by atoms with van der Waals surface area (Å²) in [6, 6.07) is 4.33. The molecule has 1 aliphatic heterocycles. The molecule has 0 aliphatic carbocycles. The van der Waals surface area contributed by atoms with Crippen molar-refractivity contribution in [1.29, 1.82) is 0 Å². The van der Waals surface area contributed by atoms with Crippen LogP contribution in [-0.4, -0.2) is 37.0 Å². The van der Waals surface area contributed by atoms with Gasteiger partial charge in [-0.05, 0) is 24.0 Å². The summed E-state index contributed by atoms with van der Waals surface area (Å²) in [6.07, 6.45) is 0. The third-order valence-corrected chi connectivity index (χ3v) is 3.97. The van der Waals surface area contributed by atoms with Crippen molar-refractivity contribution in [2.75, 3.05) is 20.2 Å². The lowest BCUT2D eigenvalue weighted by atomic mass is 9.92. The van der Waals surface area contributed by atoms with Crippen LogP contribution in [0.4, 0.5) is 4.39 Å². The van der Waals surface area contributed by atoms with Crippen LogP contribution in [0.5, 0.6) is 5.75 Å². The first-order valence-electron chi connectivity index (χ1n) is 6.83. The molecule has 0 radical (unpaired) electrons. The molecule has 1 aromatic rings. The fraction of sp³-hybridized carbons (Fsp3) is 0.533. The van der Waals surface area contributed by atoms with Crippen molar-refractivity contribution in [3.05, 3.63) is 29.6 Å². The Morgan fingerprint density at radius 2 is 2.15 bits per heavy atom. The average Bonchev–Trinajstić information content (AvgIpc) is 2.80. The molecule has 0 spiro atoms. The van der Waals surface area contributed by atoms with E-state index < -0.39 is 5.82 Å². The molecule has 0 bridgehead atoms. The Balaban J connectivity index is 2.25. The Hall–Kier alpha value is -1.62. The van der Waals surface area contributed by atoms with E-state index in [0.717, 1.165) is 0 Å². The average molecular weight is 280 g/mol. The van der Waals surface area contributed by atoms with Gasteiger partial charge in [-0.2, -0.15) is 0 Å². The van der Waals surface area contributed by atoms with Gasteiger partial charge in [-0.25, -0.2) is 4.39 Å². The SMILES string of the molecule is COc1cccc(F)c1C(=O)N1C[C@H](C(C)C)[C@@H](N)C1. The normalized spacial score (nSPS) is 22.4. The number of hydrogen-bond donors (Lipinski definition) is 1. The molecule has 2 rings (SSSR count). The second-order valence-electron chi connectivity index (χ2n) is 5.60. The Labute approximate surface area is 118 Å². The molecule has 2 N–H and O–H groups in total. The molecule has 110 valence electrons. The van der Waals surface area contributed by atoms with Crippen molar-refractivity contribution in [2.24, 2.45) is 17.6 Å². The van der Waals surface area contributed by atoms with E-state index in [1.165, 1.54) is 19.2 Å². The molecular weight excluding hydrogens is 259 g/mol. The smallest absolute Gasteiger partial charge is 0.260 e. The number of rotatable bonds is 3. The maximum Gasteiger partial charge on any atom is 0.260 e. The van der Waals surface area contributed by atoms with Gasteiger partial charge in [0.15, 0.2) is 0 Å². The monoisotopic (exact) mass is 280 g/mol. The molecule has 4 nitrogen and oxygen atoms in total. The van der Waals surface area contributed by atoms with Crippen LogP contribution < -0.4 is 10.5 Å². The van der Waals surface area contributed by atoms with Crippen LogP contribution in [-0.2, 0) is 0 Å².